The maximum absolute atomic E-state index is 9.65. The average Bonchev–Trinajstić information content (AvgIpc) is 3.05. The lowest BCUT2D eigenvalue weighted by Crippen LogP contribution is -2.35. The number of rotatable bonds is 5. The van der Waals surface area contributed by atoms with Crippen LogP contribution in [0, 0.1) is 0 Å². The monoisotopic (exact) mass is 386 g/mol. The molecule has 0 unspecified atom stereocenters. The number of hydrogen-bond donors (Lipinski definition) is 4. The Kier molecular flexibility index (Phi) is 5.05. The topological polar surface area (TPSA) is 89.1 Å². The number of benzene rings is 1. The maximum Gasteiger partial charge on any atom is 0.229 e. The second kappa shape index (κ2) is 7.62. The molecule has 142 valence electrons. The largest absolute Gasteiger partial charge is 0.393 e. The van der Waals surface area contributed by atoms with Gasteiger partial charge in [0.15, 0.2) is 5.82 Å². The Bertz CT molecular complexity index is 918. The highest BCUT2D eigenvalue weighted by molar-refractivity contribution is 6.35. The van der Waals surface area contributed by atoms with E-state index in [9.17, 15) is 5.11 Å². The van der Waals surface area contributed by atoms with Crippen LogP contribution in [0.2, 0.25) is 5.02 Å². The number of halogens is 1. The van der Waals surface area contributed by atoms with Gasteiger partial charge in [-0.2, -0.15) is 4.98 Å². The van der Waals surface area contributed by atoms with Gasteiger partial charge in [-0.3, -0.25) is 0 Å². The summed E-state index contributed by atoms with van der Waals surface area (Å²) in [5.41, 5.74) is 3.55. The Labute approximate surface area is 162 Å². The minimum atomic E-state index is -0.166. The third-order valence-electron chi connectivity index (χ3n) is 4.78. The molecule has 7 nitrogen and oxygen atoms in total. The van der Waals surface area contributed by atoms with Crippen molar-refractivity contribution < 1.29 is 5.11 Å². The number of anilines is 4. The van der Waals surface area contributed by atoms with Gasteiger partial charge in [0, 0.05) is 37.2 Å². The number of hydrogen-bond acceptors (Lipinski definition) is 6. The molecule has 0 spiro atoms. The van der Waals surface area contributed by atoms with Crippen LogP contribution in [0.3, 0.4) is 0 Å². The lowest BCUT2D eigenvalue weighted by atomic mass is 10.1. The molecule has 8 heteroatoms. The fourth-order valence-corrected chi connectivity index (χ4v) is 3.53. The smallest absolute Gasteiger partial charge is 0.229 e. The Balaban J connectivity index is 1.54. The third-order valence-corrected chi connectivity index (χ3v) is 5.06. The van der Waals surface area contributed by atoms with Crippen LogP contribution >= 0.6 is 11.6 Å². The zero-order valence-electron chi connectivity index (χ0n) is 15.2. The Morgan fingerprint density at radius 2 is 1.96 bits per heavy atom. The highest BCUT2D eigenvalue weighted by atomic mass is 35.5. The first kappa shape index (κ1) is 17.9. The number of aliphatic hydroxyl groups is 1. The number of H-pyrrole nitrogens is 1. The second-order valence-electron chi connectivity index (χ2n) is 6.68. The van der Waals surface area contributed by atoms with Gasteiger partial charge in [0.05, 0.1) is 11.1 Å². The average molecular weight is 387 g/mol. The minimum Gasteiger partial charge on any atom is -0.393 e. The van der Waals surface area contributed by atoms with Crippen molar-refractivity contribution in [1.29, 1.82) is 0 Å². The van der Waals surface area contributed by atoms with Crippen molar-refractivity contribution in [3.63, 3.8) is 0 Å². The lowest BCUT2D eigenvalue weighted by Gasteiger charge is -2.31. The third kappa shape index (κ3) is 3.79. The minimum absolute atomic E-state index is 0.166. The van der Waals surface area contributed by atoms with Gasteiger partial charge in [0.1, 0.15) is 11.0 Å². The molecule has 0 aliphatic carbocycles. The van der Waals surface area contributed by atoms with Gasteiger partial charge >= 0.3 is 0 Å². The first-order chi connectivity index (χ1) is 13.1. The molecule has 0 amide bonds. The molecular formula is C19H23ClN6O. The van der Waals surface area contributed by atoms with Crippen molar-refractivity contribution in [1.82, 2.24) is 15.0 Å². The van der Waals surface area contributed by atoms with Crippen LogP contribution in [0.4, 0.5) is 23.1 Å². The molecule has 1 aromatic carbocycles. The van der Waals surface area contributed by atoms with Crippen LogP contribution < -0.4 is 15.5 Å². The number of aromatic nitrogens is 3. The van der Waals surface area contributed by atoms with Gasteiger partial charge in [-0.15, -0.1) is 0 Å². The van der Waals surface area contributed by atoms with Crippen molar-refractivity contribution in [2.45, 2.75) is 25.9 Å². The van der Waals surface area contributed by atoms with Crippen LogP contribution in [-0.4, -0.2) is 45.8 Å². The molecule has 4 N–H and O–H groups in total. The fourth-order valence-electron chi connectivity index (χ4n) is 3.33. The van der Waals surface area contributed by atoms with E-state index in [-0.39, 0.29) is 6.10 Å². The van der Waals surface area contributed by atoms with Gasteiger partial charge in [-0.1, -0.05) is 11.6 Å². The van der Waals surface area contributed by atoms with E-state index in [4.69, 9.17) is 11.6 Å². The Morgan fingerprint density at radius 3 is 2.67 bits per heavy atom. The summed E-state index contributed by atoms with van der Waals surface area (Å²) in [6.07, 6.45) is 3.19. The summed E-state index contributed by atoms with van der Waals surface area (Å²) in [6, 6.07) is 8.18. The van der Waals surface area contributed by atoms with E-state index in [1.807, 2.05) is 19.1 Å². The maximum atomic E-state index is 9.65. The number of nitrogens with zero attached hydrogens (tertiary/aromatic N) is 3. The van der Waals surface area contributed by atoms with Crippen molar-refractivity contribution in [2.24, 2.45) is 0 Å². The van der Waals surface area contributed by atoms with E-state index >= 15 is 0 Å². The molecular weight excluding hydrogens is 364 g/mol. The van der Waals surface area contributed by atoms with Gasteiger partial charge < -0.3 is 25.6 Å². The summed E-state index contributed by atoms with van der Waals surface area (Å²) in [6.45, 7) is 4.53. The van der Waals surface area contributed by atoms with Crippen molar-refractivity contribution in [2.75, 3.05) is 35.2 Å². The molecule has 3 aromatic rings. The van der Waals surface area contributed by atoms with E-state index in [2.05, 4.69) is 42.6 Å². The quantitative estimate of drug-likeness (QED) is 0.534. The molecule has 0 saturated carbocycles. The molecule has 1 fully saturated rings. The molecule has 0 atom stereocenters. The van der Waals surface area contributed by atoms with Crippen LogP contribution in [-0.2, 0) is 0 Å². The zero-order chi connectivity index (χ0) is 18.8. The lowest BCUT2D eigenvalue weighted by molar-refractivity contribution is 0.145. The van der Waals surface area contributed by atoms with E-state index in [0.29, 0.717) is 16.5 Å². The number of fused-ring (bicyclic) bond motifs is 1. The first-order valence-corrected chi connectivity index (χ1v) is 9.60. The summed E-state index contributed by atoms with van der Waals surface area (Å²) in [4.78, 5) is 14.5. The highest BCUT2D eigenvalue weighted by Gasteiger charge is 2.17. The van der Waals surface area contributed by atoms with Gasteiger partial charge in [-0.05, 0) is 44.0 Å². The summed E-state index contributed by atoms with van der Waals surface area (Å²) in [5.74, 6) is 1.22. The standard InChI is InChI=1S/C19H23ClN6O/c1-2-21-18-17-16(15(20)11-22-17)24-19(25-18)23-12-3-5-13(6-4-12)26-9-7-14(27)8-10-26/h3-6,11,14,22,27H,2,7-10H2,1H3,(H2,21,23,24,25). The number of piperidine rings is 1. The predicted molar refractivity (Wildman–Crippen MR) is 110 cm³/mol. The summed E-state index contributed by atoms with van der Waals surface area (Å²) < 4.78 is 0. The van der Waals surface area contributed by atoms with Gasteiger partial charge in [0.2, 0.25) is 5.95 Å². The molecule has 2 aromatic heterocycles. The number of aliphatic hydroxyl groups excluding tert-OH is 1. The van der Waals surface area contributed by atoms with E-state index in [1.165, 1.54) is 0 Å². The fraction of sp³-hybridized carbons (Fsp3) is 0.368. The SMILES string of the molecule is CCNc1nc(Nc2ccc(N3CCC(O)CC3)cc2)nc2c(Cl)c[nH]c12. The second-order valence-corrected chi connectivity index (χ2v) is 7.08. The number of nitrogens with one attached hydrogen (secondary N) is 3. The molecule has 3 heterocycles. The van der Waals surface area contributed by atoms with Crippen LogP contribution in [0.25, 0.3) is 11.0 Å². The number of aromatic amines is 1. The van der Waals surface area contributed by atoms with E-state index in [0.717, 1.165) is 55.2 Å². The van der Waals surface area contributed by atoms with Crippen LogP contribution in [0.1, 0.15) is 19.8 Å². The van der Waals surface area contributed by atoms with Crippen LogP contribution in [0.15, 0.2) is 30.5 Å². The first-order valence-electron chi connectivity index (χ1n) is 9.22. The highest BCUT2D eigenvalue weighted by Crippen LogP contribution is 2.29. The molecule has 0 radical (unpaired) electrons. The summed E-state index contributed by atoms with van der Waals surface area (Å²) in [7, 11) is 0. The predicted octanol–water partition coefficient (Wildman–Crippen LogP) is 3.75. The van der Waals surface area contributed by atoms with Crippen LogP contribution in [0.5, 0.6) is 0 Å². The van der Waals surface area contributed by atoms with Crippen molar-refractivity contribution in [3.8, 4) is 0 Å². The van der Waals surface area contributed by atoms with Gasteiger partial charge in [0.25, 0.3) is 0 Å². The Morgan fingerprint density at radius 1 is 1.22 bits per heavy atom. The van der Waals surface area contributed by atoms with Crippen molar-refractivity contribution >= 4 is 45.8 Å². The summed E-state index contributed by atoms with van der Waals surface area (Å²) in [5, 5.41) is 16.7. The van der Waals surface area contributed by atoms with E-state index in [1.54, 1.807) is 6.20 Å². The van der Waals surface area contributed by atoms with E-state index < -0.39 is 0 Å². The normalized spacial score (nSPS) is 15.3. The molecule has 0 bridgehead atoms. The summed E-state index contributed by atoms with van der Waals surface area (Å²) >= 11 is 6.24. The molecule has 1 saturated heterocycles. The van der Waals surface area contributed by atoms with Crippen molar-refractivity contribution in [3.05, 3.63) is 35.5 Å². The Hall–Kier alpha value is -2.51. The molecule has 27 heavy (non-hydrogen) atoms. The molecule has 1 aliphatic heterocycles. The molecule has 1 aliphatic rings. The van der Waals surface area contributed by atoms with Gasteiger partial charge in [-0.25, -0.2) is 4.98 Å². The molecule has 4 rings (SSSR count). The zero-order valence-corrected chi connectivity index (χ0v) is 15.9.